The van der Waals surface area contributed by atoms with Crippen molar-refractivity contribution >= 4 is 17.8 Å². The normalized spacial score (nSPS) is 10.5. The van der Waals surface area contributed by atoms with Gasteiger partial charge in [-0.3, -0.25) is 9.59 Å². The number of allylic oxidation sites excluding steroid dienone is 1. The van der Waals surface area contributed by atoms with Crippen LogP contribution >= 0.6 is 0 Å². The van der Waals surface area contributed by atoms with Gasteiger partial charge in [0, 0.05) is 12.8 Å². The summed E-state index contributed by atoms with van der Waals surface area (Å²) in [7, 11) is 2.98. The van der Waals surface area contributed by atoms with E-state index in [9.17, 15) is 9.59 Å². The Hall–Kier alpha value is -2.10. The van der Waals surface area contributed by atoms with Gasteiger partial charge in [-0.15, -0.1) is 0 Å². The molecule has 0 aliphatic carbocycles. The Bertz CT molecular complexity index is 460. The number of ketones is 1. The second kappa shape index (κ2) is 8.91. The standard InChI is InChI=1S/C16H20O4/c1-19-15-11-8-13(9-12-15)7-10-14(17)5-3-4-6-16(18)20-2/h7-12H,3-6H2,1-2H3/b10-7+. The van der Waals surface area contributed by atoms with Crippen LogP contribution in [0.3, 0.4) is 0 Å². The molecular weight excluding hydrogens is 256 g/mol. The molecule has 0 N–H and O–H groups in total. The third-order valence-corrected chi connectivity index (χ3v) is 2.86. The third kappa shape index (κ3) is 6.18. The van der Waals surface area contributed by atoms with Gasteiger partial charge in [-0.1, -0.05) is 18.2 Å². The first-order chi connectivity index (χ1) is 9.65. The molecule has 0 bridgehead atoms. The molecule has 0 atom stereocenters. The zero-order valence-electron chi connectivity index (χ0n) is 11.9. The lowest BCUT2D eigenvalue weighted by molar-refractivity contribution is -0.140. The van der Waals surface area contributed by atoms with Crippen LogP contribution in [0, 0.1) is 0 Å². The Labute approximate surface area is 119 Å². The zero-order chi connectivity index (χ0) is 14.8. The number of hydrogen-bond acceptors (Lipinski definition) is 4. The molecule has 0 amide bonds. The second-order valence-electron chi connectivity index (χ2n) is 4.36. The van der Waals surface area contributed by atoms with Crippen LogP contribution in [0.1, 0.15) is 31.2 Å². The van der Waals surface area contributed by atoms with Crippen molar-refractivity contribution in [2.75, 3.05) is 14.2 Å². The summed E-state index contributed by atoms with van der Waals surface area (Å²) in [5, 5.41) is 0. The number of hydrogen-bond donors (Lipinski definition) is 0. The van der Waals surface area contributed by atoms with Crippen molar-refractivity contribution < 1.29 is 19.1 Å². The summed E-state index contributed by atoms with van der Waals surface area (Å²) in [6.45, 7) is 0. The van der Waals surface area contributed by atoms with E-state index in [1.54, 1.807) is 19.3 Å². The minimum atomic E-state index is -0.230. The lowest BCUT2D eigenvalue weighted by Crippen LogP contribution is -2.00. The van der Waals surface area contributed by atoms with Gasteiger partial charge < -0.3 is 9.47 Å². The van der Waals surface area contributed by atoms with Gasteiger partial charge in [-0.05, 0) is 36.6 Å². The molecule has 0 aliphatic rings. The predicted octanol–water partition coefficient (Wildman–Crippen LogP) is 3.01. The predicted molar refractivity (Wildman–Crippen MR) is 77.5 cm³/mol. The average molecular weight is 276 g/mol. The van der Waals surface area contributed by atoms with Gasteiger partial charge in [0.25, 0.3) is 0 Å². The van der Waals surface area contributed by atoms with E-state index in [0.717, 1.165) is 11.3 Å². The number of benzene rings is 1. The molecule has 4 nitrogen and oxygen atoms in total. The highest BCUT2D eigenvalue weighted by atomic mass is 16.5. The second-order valence-corrected chi connectivity index (χ2v) is 4.36. The number of methoxy groups -OCH3 is 2. The summed E-state index contributed by atoms with van der Waals surface area (Å²) >= 11 is 0. The number of esters is 1. The summed E-state index contributed by atoms with van der Waals surface area (Å²) in [6, 6.07) is 7.47. The lowest BCUT2D eigenvalue weighted by Gasteiger charge is -1.99. The molecule has 0 heterocycles. The van der Waals surface area contributed by atoms with Crippen molar-refractivity contribution in [3.8, 4) is 5.75 Å². The van der Waals surface area contributed by atoms with E-state index in [4.69, 9.17) is 4.74 Å². The van der Waals surface area contributed by atoms with E-state index < -0.39 is 0 Å². The Balaban J connectivity index is 2.30. The van der Waals surface area contributed by atoms with Crippen LogP contribution in [0.2, 0.25) is 0 Å². The fraction of sp³-hybridized carbons (Fsp3) is 0.375. The summed E-state index contributed by atoms with van der Waals surface area (Å²) in [5.41, 5.74) is 0.953. The van der Waals surface area contributed by atoms with Crippen LogP contribution < -0.4 is 4.74 Å². The topological polar surface area (TPSA) is 52.6 Å². The van der Waals surface area contributed by atoms with E-state index in [2.05, 4.69) is 4.74 Å². The summed E-state index contributed by atoms with van der Waals surface area (Å²) in [6.07, 6.45) is 5.54. The average Bonchev–Trinajstić information content (AvgIpc) is 2.49. The molecule has 108 valence electrons. The molecule has 0 spiro atoms. The smallest absolute Gasteiger partial charge is 0.305 e. The molecule has 1 aromatic rings. The molecule has 20 heavy (non-hydrogen) atoms. The van der Waals surface area contributed by atoms with Crippen molar-refractivity contribution in [2.24, 2.45) is 0 Å². The van der Waals surface area contributed by atoms with Gasteiger partial charge in [-0.2, -0.15) is 0 Å². The van der Waals surface area contributed by atoms with E-state index in [-0.39, 0.29) is 11.8 Å². The summed E-state index contributed by atoms with van der Waals surface area (Å²) < 4.78 is 9.59. The number of carbonyl (C=O) groups is 2. The number of ether oxygens (including phenoxy) is 2. The van der Waals surface area contributed by atoms with Gasteiger partial charge in [0.05, 0.1) is 14.2 Å². The van der Waals surface area contributed by atoms with Crippen molar-refractivity contribution in [1.29, 1.82) is 0 Å². The van der Waals surface area contributed by atoms with Crippen molar-refractivity contribution in [3.05, 3.63) is 35.9 Å². The van der Waals surface area contributed by atoms with Crippen LogP contribution in [0.25, 0.3) is 6.08 Å². The van der Waals surface area contributed by atoms with E-state index >= 15 is 0 Å². The van der Waals surface area contributed by atoms with Crippen molar-refractivity contribution in [3.63, 3.8) is 0 Å². The quantitative estimate of drug-likeness (QED) is 0.416. The van der Waals surface area contributed by atoms with Crippen LogP contribution in [-0.4, -0.2) is 26.0 Å². The molecule has 0 saturated carbocycles. The fourth-order valence-electron chi connectivity index (χ4n) is 1.66. The van der Waals surface area contributed by atoms with E-state index in [1.165, 1.54) is 7.11 Å². The molecule has 0 fully saturated rings. The molecule has 0 aliphatic heterocycles. The first kappa shape index (κ1) is 16.0. The number of rotatable bonds is 8. The Kier molecular flexibility index (Phi) is 7.11. The SMILES string of the molecule is COC(=O)CCCCC(=O)/C=C/c1ccc(OC)cc1. The third-order valence-electron chi connectivity index (χ3n) is 2.86. The van der Waals surface area contributed by atoms with Gasteiger partial charge >= 0.3 is 5.97 Å². The molecule has 4 heteroatoms. The van der Waals surface area contributed by atoms with Crippen LogP contribution in [0.5, 0.6) is 5.75 Å². The summed E-state index contributed by atoms with van der Waals surface area (Å²) in [5.74, 6) is 0.619. The van der Waals surface area contributed by atoms with Gasteiger partial charge in [0.2, 0.25) is 0 Å². The molecule has 1 aromatic carbocycles. The molecule has 0 radical (unpaired) electrons. The maximum absolute atomic E-state index is 11.6. The number of unbranched alkanes of at least 4 members (excludes halogenated alkanes) is 1. The van der Waals surface area contributed by atoms with E-state index in [1.807, 2.05) is 24.3 Å². The van der Waals surface area contributed by atoms with Gasteiger partial charge in [0.1, 0.15) is 5.75 Å². The minimum Gasteiger partial charge on any atom is -0.497 e. The zero-order valence-corrected chi connectivity index (χ0v) is 11.9. The minimum absolute atomic E-state index is 0.0608. The van der Waals surface area contributed by atoms with Crippen LogP contribution in [0.4, 0.5) is 0 Å². The van der Waals surface area contributed by atoms with Crippen LogP contribution in [-0.2, 0) is 14.3 Å². The van der Waals surface area contributed by atoms with Crippen molar-refractivity contribution in [2.45, 2.75) is 25.7 Å². The molecule has 0 aromatic heterocycles. The van der Waals surface area contributed by atoms with Gasteiger partial charge in [0.15, 0.2) is 5.78 Å². The number of carbonyl (C=O) groups excluding carboxylic acids is 2. The Morgan fingerprint density at radius 1 is 1.05 bits per heavy atom. The molecule has 0 unspecified atom stereocenters. The molecule has 0 saturated heterocycles. The lowest BCUT2D eigenvalue weighted by atomic mass is 10.1. The highest BCUT2D eigenvalue weighted by Gasteiger charge is 2.01. The fourth-order valence-corrected chi connectivity index (χ4v) is 1.66. The van der Waals surface area contributed by atoms with Gasteiger partial charge in [-0.25, -0.2) is 0 Å². The van der Waals surface area contributed by atoms with Crippen molar-refractivity contribution in [1.82, 2.24) is 0 Å². The van der Waals surface area contributed by atoms with E-state index in [0.29, 0.717) is 25.7 Å². The Morgan fingerprint density at radius 2 is 1.70 bits per heavy atom. The molecule has 1 rings (SSSR count). The highest BCUT2D eigenvalue weighted by Crippen LogP contribution is 2.12. The first-order valence-corrected chi connectivity index (χ1v) is 6.57. The largest absolute Gasteiger partial charge is 0.497 e. The maximum Gasteiger partial charge on any atom is 0.305 e. The van der Waals surface area contributed by atoms with Crippen LogP contribution in [0.15, 0.2) is 30.3 Å². The monoisotopic (exact) mass is 276 g/mol. The maximum atomic E-state index is 11.6. The first-order valence-electron chi connectivity index (χ1n) is 6.57. The Morgan fingerprint density at radius 3 is 2.30 bits per heavy atom. The molecular formula is C16H20O4. The summed E-state index contributed by atoms with van der Waals surface area (Å²) in [4.78, 5) is 22.5. The highest BCUT2D eigenvalue weighted by molar-refractivity contribution is 5.93.